The summed E-state index contributed by atoms with van der Waals surface area (Å²) in [5.74, 6) is 0.601. The third-order valence-electron chi connectivity index (χ3n) is 1.88. The highest BCUT2D eigenvalue weighted by Gasteiger charge is 2.12. The maximum atomic E-state index is 9.90. The molecule has 0 N–H and O–H groups in total. The lowest BCUT2D eigenvalue weighted by Crippen LogP contribution is -2.20. The molecule has 0 bridgehead atoms. The molecule has 1 rings (SSSR count). The molecule has 3 nitrogen and oxygen atoms in total. The van der Waals surface area contributed by atoms with Crippen molar-refractivity contribution >= 4 is 6.29 Å². The molecule has 3 heteroatoms. The number of hydrogen-bond donors (Lipinski definition) is 0. The number of carbonyl (C=O) groups excluding carboxylic acids is 1. The number of rotatable bonds is 4. The van der Waals surface area contributed by atoms with Gasteiger partial charge in [0.25, 0.3) is 0 Å². The van der Waals surface area contributed by atoms with Crippen LogP contribution in [0.4, 0.5) is 0 Å². The fraction of sp³-hybridized carbons (Fsp3) is 0.875. The Balaban J connectivity index is 2.00. The fourth-order valence-electron chi connectivity index (χ4n) is 1.20. The van der Waals surface area contributed by atoms with Gasteiger partial charge in [0, 0.05) is 13.2 Å². The monoisotopic (exact) mass is 158 g/mol. The molecule has 0 atom stereocenters. The summed E-state index contributed by atoms with van der Waals surface area (Å²) in [5.41, 5.74) is 0. The second-order valence-corrected chi connectivity index (χ2v) is 2.76. The van der Waals surface area contributed by atoms with E-state index in [-0.39, 0.29) is 6.61 Å². The molecule has 1 saturated heterocycles. The van der Waals surface area contributed by atoms with Crippen LogP contribution in [-0.2, 0) is 14.3 Å². The smallest absolute Gasteiger partial charge is 0.145 e. The predicted octanol–water partition coefficient (Wildman–Crippen LogP) is 0.628. The van der Waals surface area contributed by atoms with Gasteiger partial charge in [-0.25, -0.2) is 0 Å². The molecule has 0 aliphatic carbocycles. The molecule has 0 aromatic heterocycles. The van der Waals surface area contributed by atoms with Crippen LogP contribution in [0, 0.1) is 5.92 Å². The molecule has 1 aliphatic rings. The van der Waals surface area contributed by atoms with Gasteiger partial charge in [-0.05, 0) is 18.8 Å². The highest BCUT2D eigenvalue weighted by atomic mass is 16.5. The zero-order chi connectivity index (χ0) is 7.94. The van der Waals surface area contributed by atoms with Crippen LogP contribution in [0.15, 0.2) is 0 Å². The molecule has 0 spiro atoms. The Kier molecular flexibility index (Phi) is 4.16. The topological polar surface area (TPSA) is 35.5 Å². The summed E-state index contributed by atoms with van der Waals surface area (Å²) >= 11 is 0. The van der Waals surface area contributed by atoms with Crippen LogP contribution in [0.5, 0.6) is 0 Å². The minimum Gasteiger partial charge on any atom is -0.381 e. The van der Waals surface area contributed by atoms with Crippen molar-refractivity contribution in [3.05, 3.63) is 0 Å². The summed E-state index contributed by atoms with van der Waals surface area (Å²) in [7, 11) is 0. The van der Waals surface area contributed by atoms with Crippen molar-refractivity contribution in [2.24, 2.45) is 5.92 Å². The molecule has 1 aliphatic heterocycles. The van der Waals surface area contributed by atoms with E-state index in [1.807, 2.05) is 0 Å². The Bertz CT molecular complexity index is 108. The number of hydrogen-bond acceptors (Lipinski definition) is 3. The maximum Gasteiger partial charge on any atom is 0.145 e. The highest BCUT2D eigenvalue weighted by molar-refractivity contribution is 5.50. The van der Waals surface area contributed by atoms with Gasteiger partial charge in [-0.15, -0.1) is 0 Å². The zero-order valence-corrected chi connectivity index (χ0v) is 6.62. The van der Waals surface area contributed by atoms with Crippen molar-refractivity contribution < 1.29 is 14.3 Å². The Morgan fingerprint density at radius 3 is 2.82 bits per heavy atom. The van der Waals surface area contributed by atoms with Crippen molar-refractivity contribution in [1.82, 2.24) is 0 Å². The van der Waals surface area contributed by atoms with Crippen molar-refractivity contribution in [3.8, 4) is 0 Å². The van der Waals surface area contributed by atoms with E-state index in [0.717, 1.165) is 32.3 Å². The SMILES string of the molecule is O=CCOCC1CCOCC1. The summed E-state index contributed by atoms with van der Waals surface area (Å²) in [6.07, 6.45) is 2.93. The lowest BCUT2D eigenvalue weighted by Gasteiger charge is -2.21. The van der Waals surface area contributed by atoms with Gasteiger partial charge in [-0.1, -0.05) is 0 Å². The number of aldehydes is 1. The third kappa shape index (κ3) is 3.49. The Labute approximate surface area is 66.7 Å². The van der Waals surface area contributed by atoms with E-state index >= 15 is 0 Å². The van der Waals surface area contributed by atoms with Crippen LogP contribution in [0.2, 0.25) is 0 Å². The van der Waals surface area contributed by atoms with Crippen molar-refractivity contribution in [1.29, 1.82) is 0 Å². The molecule has 0 aromatic rings. The molecular formula is C8H14O3. The largest absolute Gasteiger partial charge is 0.381 e. The lowest BCUT2D eigenvalue weighted by molar-refractivity contribution is -0.112. The molecular weight excluding hydrogens is 144 g/mol. The van der Waals surface area contributed by atoms with Crippen molar-refractivity contribution in [2.45, 2.75) is 12.8 Å². The minimum absolute atomic E-state index is 0.233. The van der Waals surface area contributed by atoms with Crippen LogP contribution in [0.1, 0.15) is 12.8 Å². The quantitative estimate of drug-likeness (QED) is 0.444. The van der Waals surface area contributed by atoms with Gasteiger partial charge in [0.2, 0.25) is 0 Å². The molecule has 64 valence electrons. The molecule has 11 heavy (non-hydrogen) atoms. The van der Waals surface area contributed by atoms with Gasteiger partial charge in [0.1, 0.15) is 12.9 Å². The Morgan fingerprint density at radius 2 is 2.18 bits per heavy atom. The van der Waals surface area contributed by atoms with E-state index in [9.17, 15) is 4.79 Å². The van der Waals surface area contributed by atoms with E-state index in [1.165, 1.54) is 0 Å². The molecule has 1 heterocycles. The predicted molar refractivity (Wildman–Crippen MR) is 40.4 cm³/mol. The first-order valence-corrected chi connectivity index (χ1v) is 4.02. The summed E-state index contributed by atoms with van der Waals surface area (Å²) in [6, 6.07) is 0. The first-order chi connectivity index (χ1) is 5.43. The van der Waals surface area contributed by atoms with E-state index < -0.39 is 0 Å². The molecule has 0 unspecified atom stereocenters. The van der Waals surface area contributed by atoms with Crippen LogP contribution in [0.25, 0.3) is 0 Å². The van der Waals surface area contributed by atoms with Gasteiger partial charge < -0.3 is 14.3 Å². The fourth-order valence-corrected chi connectivity index (χ4v) is 1.20. The van der Waals surface area contributed by atoms with Gasteiger partial charge in [-0.2, -0.15) is 0 Å². The van der Waals surface area contributed by atoms with Crippen molar-refractivity contribution in [3.63, 3.8) is 0 Å². The average Bonchev–Trinajstić information content (AvgIpc) is 2.07. The van der Waals surface area contributed by atoms with Crippen LogP contribution in [0.3, 0.4) is 0 Å². The first-order valence-electron chi connectivity index (χ1n) is 4.02. The average molecular weight is 158 g/mol. The van der Waals surface area contributed by atoms with Crippen molar-refractivity contribution in [2.75, 3.05) is 26.4 Å². The Hall–Kier alpha value is -0.410. The van der Waals surface area contributed by atoms with Gasteiger partial charge in [0.05, 0.1) is 6.61 Å². The number of carbonyl (C=O) groups is 1. The second kappa shape index (κ2) is 5.27. The van der Waals surface area contributed by atoms with Gasteiger partial charge >= 0.3 is 0 Å². The van der Waals surface area contributed by atoms with E-state index in [2.05, 4.69) is 0 Å². The van der Waals surface area contributed by atoms with Crippen LogP contribution >= 0.6 is 0 Å². The zero-order valence-electron chi connectivity index (χ0n) is 6.62. The minimum atomic E-state index is 0.233. The summed E-state index contributed by atoms with van der Waals surface area (Å²) in [4.78, 5) is 9.90. The molecule has 0 aromatic carbocycles. The van der Waals surface area contributed by atoms with E-state index in [0.29, 0.717) is 12.5 Å². The summed E-state index contributed by atoms with van der Waals surface area (Å²) in [6.45, 7) is 2.63. The molecule has 1 fully saturated rings. The van der Waals surface area contributed by atoms with Crippen LogP contribution in [-0.4, -0.2) is 32.7 Å². The summed E-state index contributed by atoms with van der Waals surface area (Å²) in [5, 5.41) is 0. The normalized spacial score (nSPS) is 20.0. The molecule has 0 radical (unpaired) electrons. The standard InChI is InChI=1S/C8H14O3/c9-3-6-11-7-8-1-4-10-5-2-8/h3,8H,1-2,4-7H2. The maximum absolute atomic E-state index is 9.90. The third-order valence-corrected chi connectivity index (χ3v) is 1.88. The molecule has 0 amide bonds. The highest BCUT2D eigenvalue weighted by Crippen LogP contribution is 2.14. The van der Waals surface area contributed by atoms with E-state index in [4.69, 9.17) is 9.47 Å². The summed E-state index contributed by atoms with van der Waals surface area (Å²) < 4.78 is 10.3. The van der Waals surface area contributed by atoms with Gasteiger partial charge in [-0.3, -0.25) is 0 Å². The molecule has 0 saturated carbocycles. The van der Waals surface area contributed by atoms with Crippen LogP contribution < -0.4 is 0 Å². The number of ether oxygens (including phenoxy) is 2. The Morgan fingerprint density at radius 1 is 1.45 bits per heavy atom. The van der Waals surface area contributed by atoms with E-state index in [1.54, 1.807) is 0 Å². The van der Waals surface area contributed by atoms with Gasteiger partial charge in [0.15, 0.2) is 0 Å². The second-order valence-electron chi connectivity index (χ2n) is 2.76. The lowest BCUT2D eigenvalue weighted by atomic mass is 10.0. The first kappa shape index (κ1) is 8.68.